The van der Waals surface area contributed by atoms with E-state index in [0.29, 0.717) is 13.0 Å². The number of hydrogen-bond acceptors (Lipinski definition) is 2. The highest BCUT2D eigenvalue weighted by atomic mass is 19.1. The van der Waals surface area contributed by atoms with E-state index in [-0.39, 0.29) is 11.9 Å². The van der Waals surface area contributed by atoms with Crippen LogP contribution in [-0.4, -0.2) is 12.6 Å². The summed E-state index contributed by atoms with van der Waals surface area (Å²) in [5, 5.41) is 0. The second-order valence-electron chi connectivity index (χ2n) is 3.30. The smallest absolute Gasteiger partial charge is 0.167 e. The van der Waals surface area contributed by atoms with Crippen molar-refractivity contribution in [2.75, 3.05) is 6.54 Å². The van der Waals surface area contributed by atoms with Crippen LogP contribution in [0.15, 0.2) is 18.2 Å². The predicted octanol–water partition coefficient (Wildman–Crippen LogP) is 2.47. The molecule has 1 unspecified atom stereocenters. The van der Waals surface area contributed by atoms with Crippen LogP contribution >= 0.6 is 0 Å². The van der Waals surface area contributed by atoms with Gasteiger partial charge in [0.1, 0.15) is 5.82 Å². The van der Waals surface area contributed by atoms with Gasteiger partial charge in [0, 0.05) is 6.07 Å². The van der Waals surface area contributed by atoms with Gasteiger partial charge in [-0.2, -0.15) is 0 Å². The summed E-state index contributed by atoms with van der Waals surface area (Å²) < 4.78 is 31.2. The van der Waals surface area contributed by atoms with E-state index in [0.717, 1.165) is 12.5 Å². The van der Waals surface area contributed by atoms with Crippen molar-refractivity contribution < 1.29 is 13.5 Å². The number of ether oxygens (including phenoxy) is 1. The van der Waals surface area contributed by atoms with Gasteiger partial charge in [0.25, 0.3) is 0 Å². The van der Waals surface area contributed by atoms with Crippen LogP contribution in [-0.2, 0) is 0 Å². The van der Waals surface area contributed by atoms with Gasteiger partial charge in [-0.3, -0.25) is 0 Å². The van der Waals surface area contributed by atoms with Crippen LogP contribution in [0.5, 0.6) is 5.75 Å². The van der Waals surface area contributed by atoms with E-state index in [1.165, 1.54) is 12.1 Å². The second kappa shape index (κ2) is 5.66. The normalized spacial score (nSPS) is 12.5. The lowest BCUT2D eigenvalue weighted by Gasteiger charge is -2.16. The molecule has 0 heterocycles. The summed E-state index contributed by atoms with van der Waals surface area (Å²) in [4.78, 5) is 0. The van der Waals surface area contributed by atoms with Crippen molar-refractivity contribution in [1.82, 2.24) is 0 Å². The van der Waals surface area contributed by atoms with Crippen LogP contribution in [0.3, 0.4) is 0 Å². The van der Waals surface area contributed by atoms with Crippen LogP contribution in [0.25, 0.3) is 0 Å². The van der Waals surface area contributed by atoms with Crippen molar-refractivity contribution >= 4 is 0 Å². The summed E-state index contributed by atoms with van der Waals surface area (Å²) in [6.07, 6.45) is 1.29. The summed E-state index contributed by atoms with van der Waals surface area (Å²) in [5.41, 5.74) is 5.39. The largest absolute Gasteiger partial charge is 0.487 e. The van der Waals surface area contributed by atoms with Crippen molar-refractivity contribution in [3.8, 4) is 5.75 Å². The molecule has 0 spiro atoms. The fraction of sp³-hybridized carbons (Fsp3) is 0.455. The molecule has 0 saturated heterocycles. The predicted molar refractivity (Wildman–Crippen MR) is 54.7 cm³/mol. The molecule has 0 aliphatic carbocycles. The highest BCUT2D eigenvalue weighted by Gasteiger charge is 2.11. The summed E-state index contributed by atoms with van der Waals surface area (Å²) in [6.45, 7) is 2.42. The second-order valence-corrected chi connectivity index (χ2v) is 3.30. The Labute approximate surface area is 88.0 Å². The number of hydrogen-bond donors (Lipinski definition) is 1. The molecule has 0 bridgehead atoms. The van der Waals surface area contributed by atoms with Gasteiger partial charge in [-0.25, -0.2) is 8.78 Å². The fourth-order valence-corrected chi connectivity index (χ4v) is 1.28. The molecule has 0 fully saturated rings. The molecular formula is C11H15F2NO. The number of halogens is 2. The van der Waals surface area contributed by atoms with E-state index in [1.54, 1.807) is 0 Å². The van der Waals surface area contributed by atoms with Gasteiger partial charge in [0.15, 0.2) is 11.6 Å². The Morgan fingerprint density at radius 3 is 2.67 bits per heavy atom. The van der Waals surface area contributed by atoms with Gasteiger partial charge in [0.05, 0.1) is 6.10 Å². The van der Waals surface area contributed by atoms with E-state index in [2.05, 4.69) is 0 Å². The quantitative estimate of drug-likeness (QED) is 0.818. The highest BCUT2D eigenvalue weighted by molar-refractivity contribution is 5.24. The lowest BCUT2D eigenvalue weighted by atomic mass is 10.2. The van der Waals surface area contributed by atoms with Crippen molar-refractivity contribution in [2.24, 2.45) is 5.73 Å². The minimum Gasteiger partial charge on any atom is -0.487 e. The Bertz CT molecular complexity index is 317. The molecule has 15 heavy (non-hydrogen) atoms. The van der Waals surface area contributed by atoms with E-state index in [1.807, 2.05) is 6.92 Å². The molecule has 2 N–H and O–H groups in total. The molecule has 2 nitrogen and oxygen atoms in total. The van der Waals surface area contributed by atoms with Gasteiger partial charge in [-0.15, -0.1) is 0 Å². The molecule has 0 radical (unpaired) electrons. The molecule has 0 amide bonds. The lowest BCUT2D eigenvalue weighted by molar-refractivity contribution is 0.181. The summed E-state index contributed by atoms with van der Waals surface area (Å²) >= 11 is 0. The monoisotopic (exact) mass is 215 g/mol. The van der Waals surface area contributed by atoms with E-state index >= 15 is 0 Å². The third kappa shape index (κ3) is 3.47. The van der Waals surface area contributed by atoms with Crippen LogP contribution in [0.2, 0.25) is 0 Å². The van der Waals surface area contributed by atoms with Crippen LogP contribution in [0.4, 0.5) is 8.78 Å². The molecule has 1 atom stereocenters. The van der Waals surface area contributed by atoms with Crippen molar-refractivity contribution in [3.63, 3.8) is 0 Å². The first-order valence-corrected chi connectivity index (χ1v) is 4.99. The highest BCUT2D eigenvalue weighted by Crippen LogP contribution is 2.20. The number of nitrogens with two attached hydrogens (primary N) is 1. The van der Waals surface area contributed by atoms with Crippen LogP contribution < -0.4 is 10.5 Å². The molecular weight excluding hydrogens is 200 g/mol. The third-order valence-corrected chi connectivity index (χ3v) is 2.13. The Morgan fingerprint density at radius 2 is 2.13 bits per heavy atom. The van der Waals surface area contributed by atoms with Crippen molar-refractivity contribution in [1.29, 1.82) is 0 Å². The first kappa shape index (κ1) is 11.9. The number of rotatable bonds is 5. The minimum atomic E-state index is -0.675. The van der Waals surface area contributed by atoms with E-state index in [9.17, 15) is 8.78 Å². The maximum absolute atomic E-state index is 13.2. The van der Waals surface area contributed by atoms with E-state index < -0.39 is 11.6 Å². The third-order valence-electron chi connectivity index (χ3n) is 2.13. The van der Waals surface area contributed by atoms with E-state index in [4.69, 9.17) is 10.5 Å². The van der Waals surface area contributed by atoms with Crippen molar-refractivity contribution in [2.45, 2.75) is 25.9 Å². The molecule has 0 aliphatic heterocycles. The average molecular weight is 215 g/mol. The first-order valence-electron chi connectivity index (χ1n) is 4.99. The fourth-order valence-electron chi connectivity index (χ4n) is 1.28. The van der Waals surface area contributed by atoms with Crippen molar-refractivity contribution in [3.05, 3.63) is 29.8 Å². The minimum absolute atomic E-state index is 0.0803. The zero-order valence-electron chi connectivity index (χ0n) is 8.67. The summed E-state index contributed by atoms with van der Waals surface area (Å²) in [5.74, 6) is -1.20. The van der Waals surface area contributed by atoms with Gasteiger partial charge in [-0.05, 0) is 31.5 Å². The Balaban J connectivity index is 2.70. The van der Waals surface area contributed by atoms with Gasteiger partial charge >= 0.3 is 0 Å². The maximum Gasteiger partial charge on any atom is 0.167 e. The molecule has 0 aliphatic rings. The zero-order chi connectivity index (χ0) is 11.3. The molecule has 4 heteroatoms. The lowest BCUT2D eigenvalue weighted by Crippen LogP contribution is -2.20. The standard InChI is InChI=1S/C11H15F2NO/c1-2-9(5-6-14)15-11-4-3-8(12)7-10(11)13/h3-4,7,9H,2,5-6,14H2,1H3. The Kier molecular flexibility index (Phi) is 4.49. The maximum atomic E-state index is 13.2. The molecule has 1 aromatic rings. The van der Waals surface area contributed by atoms with Crippen LogP contribution in [0, 0.1) is 11.6 Å². The van der Waals surface area contributed by atoms with Gasteiger partial charge in [0.2, 0.25) is 0 Å². The van der Waals surface area contributed by atoms with Gasteiger partial charge < -0.3 is 10.5 Å². The SMILES string of the molecule is CCC(CCN)Oc1ccc(F)cc1F. The van der Waals surface area contributed by atoms with Crippen LogP contribution in [0.1, 0.15) is 19.8 Å². The summed E-state index contributed by atoms with van der Waals surface area (Å²) in [6, 6.07) is 3.28. The van der Waals surface area contributed by atoms with Gasteiger partial charge in [-0.1, -0.05) is 6.92 Å². The Morgan fingerprint density at radius 1 is 1.40 bits per heavy atom. The molecule has 0 aromatic heterocycles. The zero-order valence-corrected chi connectivity index (χ0v) is 8.67. The summed E-state index contributed by atoms with van der Waals surface area (Å²) in [7, 11) is 0. The molecule has 1 rings (SSSR count). The average Bonchev–Trinajstić information content (AvgIpc) is 2.21. The Hall–Kier alpha value is -1.16. The topological polar surface area (TPSA) is 35.2 Å². The number of benzene rings is 1. The molecule has 0 saturated carbocycles. The first-order chi connectivity index (χ1) is 7.17. The molecule has 84 valence electrons. The molecule has 1 aromatic carbocycles.